The summed E-state index contributed by atoms with van der Waals surface area (Å²) in [5, 5.41) is 11.5. The first-order chi connectivity index (χ1) is 8.38. The molecule has 0 radical (unpaired) electrons. The normalized spacial score (nSPS) is 12.6. The minimum Gasteiger partial charge on any atom is -0.490 e. The summed E-state index contributed by atoms with van der Waals surface area (Å²) in [6.07, 6.45) is 0.402. The third-order valence-corrected chi connectivity index (χ3v) is 2.70. The number of hydrogen-bond acceptors (Lipinski definition) is 3. The van der Waals surface area contributed by atoms with Crippen molar-refractivity contribution >= 4 is 5.84 Å². The molecule has 0 aromatic heterocycles. The number of amidine groups is 1. The Bertz CT molecular complexity index is 448. The number of hydrogen-bond donors (Lipinski definition) is 2. The van der Waals surface area contributed by atoms with Gasteiger partial charge in [-0.15, -0.1) is 0 Å². The van der Waals surface area contributed by atoms with Crippen LogP contribution >= 0.6 is 0 Å². The Morgan fingerprint density at radius 3 is 2.72 bits per heavy atom. The lowest BCUT2D eigenvalue weighted by molar-refractivity contribution is 0.248. The Balaban J connectivity index is 2.60. The number of rotatable bonds is 5. The molecule has 6 heteroatoms. The maximum Gasteiger partial charge on any atom is 0.200 e. The van der Waals surface area contributed by atoms with Gasteiger partial charge in [0.15, 0.2) is 11.6 Å². The van der Waals surface area contributed by atoms with Crippen LogP contribution in [0.15, 0.2) is 23.4 Å². The Labute approximate surface area is 104 Å². The highest BCUT2D eigenvalue weighted by molar-refractivity contribution is 5.85. The smallest absolute Gasteiger partial charge is 0.200 e. The number of benzene rings is 1. The molecule has 1 rings (SSSR count). The number of ether oxygens (including phenoxy) is 1. The van der Waals surface area contributed by atoms with E-state index in [4.69, 9.17) is 15.7 Å². The quantitative estimate of drug-likeness (QED) is 0.369. The van der Waals surface area contributed by atoms with E-state index in [1.807, 2.05) is 0 Å². The molecular weight excluding hydrogens is 242 g/mol. The molecule has 100 valence electrons. The average molecular weight is 258 g/mol. The summed E-state index contributed by atoms with van der Waals surface area (Å²) in [7, 11) is 0. The minimum atomic E-state index is -1.01. The van der Waals surface area contributed by atoms with Gasteiger partial charge in [-0.1, -0.05) is 25.1 Å². The lowest BCUT2D eigenvalue weighted by Gasteiger charge is -2.22. The van der Waals surface area contributed by atoms with Crippen molar-refractivity contribution in [3.8, 4) is 5.75 Å². The van der Waals surface area contributed by atoms with Crippen LogP contribution in [-0.4, -0.2) is 17.6 Å². The zero-order valence-corrected chi connectivity index (χ0v) is 10.3. The number of oxime groups is 1. The van der Waals surface area contributed by atoms with E-state index in [1.54, 1.807) is 13.8 Å². The Morgan fingerprint density at radius 2 is 2.11 bits per heavy atom. The molecule has 1 aromatic carbocycles. The first kappa shape index (κ1) is 14.2. The maximum atomic E-state index is 13.3. The Kier molecular flexibility index (Phi) is 4.47. The van der Waals surface area contributed by atoms with Crippen molar-refractivity contribution in [1.29, 1.82) is 0 Å². The van der Waals surface area contributed by atoms with E-state index in [1.165, 1.54) is 12.1 Å². The van der Waals surface area contributed by atoms with Gasteiger partial charge in [-0.25, -0.2) is 4.39 Å². The molecule has 0 atom stereocenters. The summed E-state index contributed by atoms with van der Waals surface area (Å²) in [5.74, 6) is -2.06. The van der Waals surface area contributed by atoms with Crippen molar-refractivity contribution in [2.24, 2.45) is 16.3 Å². The van der Waals surface area contributed by atoms with Crippen LogP contribution in [-0.2, 0) is 0 Å². The first-order valence-corrected chi connectivity index (χ1v) is 5.43. The number of halogens is 2. The molecule has 0 bridgehead atoms. The van der Waals surface area contributed by atoms with Crippen LogP contribution in [0.1, 0.15) is 20.3 Å². The molecule has 0 unspecified atom stereocenters. The molecule has 0 spiro atoms. The summed E-state index contributed by atoms with van der Waals surface area (Å²) < 4.78 is 31.3. The third-order valence-electron chi connectivity index (χ3n) is 2.70. The molecule has 3 N–H and O–H groups in total. The van der Waals surface area contributed by atoms with Crippen molar-refractivity contribution in [3.63, 3.8) is 0 Å². The Morgan fingerprint density at radius 1 is 1.44 bits per heavy atom. The van der Waals surface area contributed by atoms with E-state index in [2.05, 4.69) is 5.16 Å². The Hall–Kier alpha value is -1.85. The second-order valence-electron chi connectivity index (χ2n) is 4.52. The molecule has 1 aromatic rings. The van der Waals surface area contributed by atoms with Gasteiger partial charge in [-0.3, -0.25) is 0 Å². The average Bonchev–Trinajstić information content (AvgIpc) is 2.33. The summed E-state index contributed by atoms with van der Waals surface area (Å²) in [6, 6.07) is 3.72. The maximum absolute atomic E-state index is 13.3. The monoisotopic (exact) mass is 258 g/mol. The van der Waals surface area contributed by atoms with Gasteiger partial charge in [-0.2, -0.15) is 4.39 Å². The second-order valence-corrected chi connectivity index (χ2v) is 4.52. The molecule has 0 saturated carbocycles. The van der Waals surface area contributed by atoms with Crippen LogP contribution in [0, 0.1) is 17.0 Å². The highest BCUT2D eigenvalue weighted by atomic mass is 19.2. The lowest BCUT2D eigenvalue weighted by atomic mass is 9.88. The zero-order valence-electron chi connectivity index (χ0n) is 10.3. The molecule has 0 saturated heterocycles. The summed E-state index contributed by atoms with van der Waals surface area (Å²) >= 11 is 0. The molecule has 0 amide bonds. The van der Waals surface area contributed by atoms with Gasteiger partial charge in [0.2, 0.25) is 5.82 Å². The number of nitrogens with zero attached hydrogens (tertiary/aromatic N) is 1. The lowest BCUT2D eigenvalue weighted by Crippen LogP contribution is -2.33. The van der Waals surface area contributed by atoms with Gasteiger partial charge in [-0.05, 0) is 18.6 Å². The van der Waals surface area contributed by atoms with Crippen LogP contribution in [0.3, 0.4) is 0 Å². The van der Waals surface area contributed by atoms with Gasteiger partial charge in [0, 0.05) is 5.41 Å². The van der Waals surface area contributed by atoms with Crippen LogP contribution in [0.2, 0.25) is 0 Å². The van der Waals surface area contributed by atoms with Crippen LogP contribution in [0.5, 0.6) is 5.75 Å². The van der Waals surface area contributed by atoms with Gasteiger partial charge in [0.1, 0.15) is 5.84 Å². The van der Waals surface area contributed by atoms with Crippen molar-refractivity contribution in [2.75, 3.05) is 6.61 Å². The van der Waals surface area contributed by atoms with Gasteiger partial charge >= 0.3 is 0 Å². The molecule has 0 fully saturated rings. The highest BCUT2D eigenvalue weighted by Crippen LogP contribution is 2.23. The van der Waals surface area contributed by atoms with E-state index < -0.39 is 17.0 Å². The van der Waals surface area contributed by atoms with E-state index in [0.717, 1.165) is 6.07 Å². The molecule has 0 heterocycles. The van der Waals surface area contributed by atoms with Gasteiger partial charge < -0.3 is 15.7 Å². The van der Waals surface area contributed by atoms with Gasteiger partial charge in [0.25, 0.3) is 0 Å². The molecule has 0 aliphatic rings. The van der Waals surface area contributed by atoms with Crippen LogP contribution in [0.4, 0.5) is 8.78 Å². The molecule has 0 aliphatic heterocycles. The number of nitrogens with two attached hydrogens (primary N) is 1. The second kappa shape index (κ2) is 5.66. The summed E-state index contributed by atoms with van der Waals surface area (Å²) in [5.41, 5.74) is 4.91. The molecule has 0 aliphatic carbocycles. The fourth-order valence-corrected chi connectivity index (χ4v) is 1.28. The molecule has 18 heavy (non-hydrogen) atoms. The van der Waals surface area contributed by atoms with Crippen molar-refractivity contribution < 1.29 is 18.7 Å². The van der Waals surface area contributed by atoms with Crippen molar-refractivity contribution in [3.05, 3.63) is 29.8 Å². The summed E-state index contributed by atoms with van der Waals surface area (Å²) in [4.78, 5) is 0. The van der Waals surface area contributed by atoms with Crippen LogP contribution in [0.25, 0.3) is 0 Å². The van der Waals surface area contributed by atoms with Crippen molar-refractivity contribution in [2.45, 2.75) is 20.3 Å². The van der Waals surface area contributed by atoms with E-state index in [0.29, 0.717) is 6.42 Å². The molecule has 4 nitrogen and oxygen atoms in total. The third kappa shape index (κ3) is 3.32. The highest BCUT2D eigenvalue weighted by Gasteiger charge is 2.23. The van der Waals surface area contributed by atoms with Crippen LogP contribution < -0.4 is 10.5 Å². The van der Waals surface area contributed by atoms with Crippen molar-refractivity contribution in [1.82, 2.24) is 0 Å². The van der Waals surface area contributed by atoms with E-state index in [9.17, 15) is 8.78 Å². The van der Waals surface area contributed by atoms with Gasteiger partial charge in [0.05, 0.1) is 6.61 Å². The predicted octanol–water partition coefficient (Wildman–Crippen LogP) is 2.51. The summed E-state index contributed by atoms with van der Waals surface area (Å²) in [6.45, 7) is 3.64. The topological polar surface area (TPSA) is 67.8 Å². The first-order valence-electron chi connectivity index (χ1n) is 5.43. The molecular formula is C12H16F2N2O2. The van der Waals surface area contributed by atoms with E-state index >= 15 is 0 Å². The van der Waals surface area contributed by atoms with E-state index in [-0.39, 0.29) is 18.2 Å². The standard InChI is InChI=1S/C12H16F2N2O2/c1-12(2,11(15)16-17)6-7-18-9-5-3-4-8(13)10(9)14/h3-5,17H,6-7H2,1-2H3,(H2,15,16). The zero-order chi connectivity index (χ0) is 13.8. The fourth-order valence-electron chi connectivity index (χ4n) is 1.28. The SMILES string of the molecule is CC(C)(CCOc1cccc(F)c1F)C(N)=NO. The fraction of sp³-hybridized carbons (Fsp3) is 0.417. The largest absolute Gasteiger partial charge is 0.490 e. The minimum absolute atomic E-state index is 0.0609. The predicted molar refractivity (Wildman–Crippen MR) is 63.7 cm³/mol.